The minimum atomic E-state index is -0.537. The molecule has 4 aromatic rings. The van der Waals surface area contributed by atoms with Crippen LogP contribution >= 0.6 is 0 Å². The van der Waals surface area contributed by atoms with Crippen LogP contribution in [0, 0.1) is 0 Å². The van der Waals surface area contributed by atoms with Crippen LogP contribution in [0.4, 0.5) is 16.3 Å². The zero-order valence-electron chi connectivity index (χ0n) is 24.9. The molecule has 0 spiro atoms. The van der Waals surface area contributed by atoms with Crippen molar-refractivity contribution < 1.29 is 19.0 Å². The minimum Gasteiger partial charge on any atom is -0.497 e. The second-order valence-corrected chi connectivity index (χ2v) is 11.0. The average Bonchev–Trinajstić information content (AvgIpc) is 3.43. The fraction of sp³-hybridized carbons (Fsp3) is 0.333. The lowest BCUT2D eigenvalue weighted by atomic mass is 10.0. The number of anilines is 2. The number of benzene rings is 3. The maximum absolute atomic E-state index is 12.8. The lowest BCUT2D eigenvalue weighted by molar-refractivity contribution is 0.0152. The highest BCUT2D eigenvalue weighted by Crippen LogP contribution is 2.34. The molecule has 0 aliphatic carbocycles. The predicted molar refractivity (Wildman–Crippen MR) is 164 cm³/mol. The molecule has 0 fully saturated rings. The van der Waals surface area contributed by atoms with Crippen LogP contribution in [0.2, 0.25) is 0 Å². The Morgan fingerprint density at radius 2 is 1.63 bits per heavy atom. The molecule has 1 amide bonds. The van der Waals surface area contributed by atoms with E-state index in [0.29, 0.717) is 12.4 Å². The second-order valence-electron chi connectivity index (χ2n) is 11.0. The third kappa shape index (κ3) is 7.60. The van der Waals surface area contributed by atoms with Crippen molar-refractivity contribution in [3.05, 3.63) is 78.4 Å². The number of nitrogens with zero attached hydrogens (tertiary/aromatic N) is 2. The van der Waals surface area contributed by atoms with Gasteiger partial charge in [-0.1, -0.05) is 43.3 Å². The number of rotatable bonds is 10. The number of hydrogen-bond donors (Lipinski definition) is 2. The summed E-state index contributed by atoms with van der Waals surface area (Å²) in [7, 11) is 3.30. The Morgan fingerprint density at radius 1 is 0.951 bits per heavy atom. The number of amides is 1. The van der Waals surface area contributed by atoms with E-state index in [2.05, 4.69) is 46.7 Å². The van der Waals surface area contributed by atoms with Crippen molar-refractivity contribution in [1.82, 2.24) is 15.1 Å². The van der Waals surface area contributed by atoms with Gasteiger partial charge in [0.1, 0.15) is 17.1 Å². The van der Waals surface area contributed by atoms with Crippen molar-refractivity contribution in [3.63, 3.8) is 0 Å². The molecule has 2 N–H and O–H groups in total. The monoisotopic (exact) mass is 556 g/mol. The van der Waals surface area contributed by atoms with E-state index in [1.54, 1.807) is 19.1 Å². The molecule has 216 valence electrons. The smallest absolute Gasteiger partial charge is 0.410 e. The maximum Gasteiger partial charge on any atom is 0.410 e. The predicted octanol–water partition coefficient (Wildman–Crippen LogP) is 8.04. The molecule has 0 bridgehead atoms. The molecular weight excluding hydrogens is 516 g/mol. The Hall–Kier alpha value is -4.46. The first-order chi connectivity index (χ1) is 19.6. The molecule has 1 heterocycles. The van der Waals surface area contributed by atoms with Gasteiger partial charge in [0.15, 0.2) is 5.82 Å². The van der Waals surface area contributed by atoms with Crippen molar-refractivity contribution in [3.8, 4) is 33.9 Å². The van der Waals surface area contributed by atoms with Gasteiger partial charge in [0.25, 0.3) is 0 Å². The Morgan fingerprint density at radius 3 is 2.24 bits per heavy atom. The molecule has 1 aromatic heterocycles. The van der Waals surface area contributed by atoms with Crippen LogP contribution < -0.4 is 14.8 Å². The summed E-state index contributed by atoms with van der Waals surface area (Å²) >= 11 is 0. The van der Waals surface area contributed by atoms with Crippen LogP contribution in [0.25, 0.3) is 22.4 Å². The largest absolute Gasteiger partial charge is 0.497 e. The topological polar surface area (TPSA) is 88.7 Å². The highest BCUT2D eigenvalue weighted by molar-refractivity contribution is 5.75. The first-order valence-corrected chi connectivity index (χ1v) is 13.8. The van der Waals surface area contributed by atoms with Crippen molar-refractivity contribution in [2.75, 3.05) is 19.5 Å². The number of aromatic nitrogens is 2. The summed E-state index contributed by atoms with van der Waals surface area (Å²) in [6.45, 7) is 10.2. The number of methoxy groups -OCH3 is 2. The van der Waals surface area contributed by atoms with E-state index in [1.165, 1.54) is 0 Å². The SMILES string of the molecule is CCC(C)N(Cc1ccc(Nc2cc(-c3ccc(-c4ccc(OC)cc4OC)cc3)[nH]n2)cc1)C(=O)OC(C)(C)C. The Kier molecular flexibility index (Phi) is 9.22. The van der Waals surface area contributed by atoms with Gasteiger partial charge in [0, 0.05) is 36.0 Å². The highest BCUT2D eigenvalue weighted by atomic mass is 16.6. The fourth-order valence-electron chi connectivity index (χ4n) is 4.38. The fourth-order valence-corrected chi connectivity index (χ4v) is 4.38. The molecule has 0 saturated heterocycles. The Labute approximate surface area is 242 Å². The first-order valence-electron chi connectivity index (χ1n) is 13.8. The van der Waals surface area contributed by atoms with E-state index in [0.717, 1.165) is 51.6 Å². The number of carbonyl (C=O) groups excluding carboxylic acids is 1. The van der Waals surface area contributed by atoms with Gasteiger partial charge in [-0.2, -0.15) is 5.10 Å². The summed E-state index contributed by atoms with van der Waals surface area (Å²) < 4.78 is 16.5. The minimum absolute atomic E-state index is 0.0671. The third-order valence-electron chi connectivity index (χ3n) is 6.82. The van der Waals surface area contributed by atoms with Crippen LogP contribution in [0.5, 0.6) is 11.5 Å². The lowest BCUT2D eigenvalue weighted by Gasteiger charge is -2.31. The van der Waals surface area contributed by atoms with Gasteiger partial charge in [-0.3, -0.25) is 5.10 Å². The summed E-state index contributed by atoms with van der Waals surface area (Å²) in [5.41, 5.74) is 5.35. The average molecular weight is 557 g/mol. The molecule has 0 aliphatic rings. The van der Waals surface area contributed by atoms with Crippen molar-refractivity contribution >= 4 is 17.6 Å². The van der Waals surface area contributed by atoms with Crippen molar-refractivity contribution in [1.29, 1.82) is 0 Å². The quantitative estimate of drug-likeness (QED) is 0.205. The molecule has 8 heteroatoms. The molecule has 0 saturated carbocycles. The van der Waals surface area contributed by atoms with Crippen LogP contribution in [-0.4, -0.2) is 47.1 Å². The van der Waals surface area contributed by atoms with E-state index in [1.807, 2.05) is 76.2 Å². The van der Waals surface area contributed by atoms with Gasteiger partial charge < -0.3 is 24.4 Å². The number of nitrogens with one attached hydrogen (secondary N) is 2. The number of ether oxygens (including phenoxy) is 3. The van der Waals surface area contributed by atoms with Gasteiger partial charge in [-0.05, 0) is 75.1 Å². The molecular formula is C33H40N4O4. The molecule has 3 aromatic carbocycles. The zero-order chi connectivity index (χ0) is 29.6. The molecule has 4 rings (SSSR count). The summed E-state index contributed by atoms with van der Waals surface area (Å²) in [6.07, 6.45) is 0.549. The summed E-state index contributed by atoms with van der Waals surface area (Å²) in [6, 6.07) is 24.1. The first kappa shape index (κ1) is 29.5. The molecule has 1 unspecified atom stereocenters. The second kappa shape index (κ2) is 12.8. The van der Waals surface area contributed by atoms with Gasteiger partial charge in [0.05, 0.1) is 19.9 Å². The van der Waals surface area contributed by atoms with Crippen molar-refractivity contribution in [2.45, 2.75) is 59.2 Å². The Bertz CT molecular complexity index is 1440. The van der Waals surface area contributed by atoms with E-state index in [4.69, 9.17) is 14.2 Å². The van der Waals surface area contributed by atoms with Crippen molar-refractivity contribution in [2.24, 2.45) is 0 Å². The summed E-state index contributed by atoms with van der Waals surface area (Å²) in [4.78, 5) is 14.6. The third-order valence-corrected chi connectivity index (χ3v) is 6.82. The maximum atomic E-state index is 12.8. The number of H-pyrrole nitrogens is 1. The zero-order valence-corrected chi connectivity index (χ0v) is 24.9. The van der Waals surface area contributed by atoms with Gasteiger partial charge in [0.2, 0.25) is 0 Å². The van der Waals surface area contributed by atoms with Gasteiger partial charge in [-0.25, -0.2) is 4.79 Å². The molecule has 8 nitrogen and oxygen atoms in total. The van der Waals surface area contributed by atoms with E-state index >= 15 is 0 Å². The summed E-state index contributed by atoms with van der Waals surface area (Å²) in [5, 5.41) is 10.9. The van der Waals surface area contributed by atoms with E-state index in [9.17, 15) is 4.79 Å². The van der Waals surface area contributed by atoms with Gasteiger partial charge in [-0.15, -0.1) is 0 Å². The molecule has 41 heavy (non-hydrogen) atoms. The standard InChI is InChI=1S/C33H40N4O4/c1-8-22(2)37(32(38)41-33(3,4)5)21-23-9-15-26(16-10-23)34-31-20-29(35-36-31)25-13-11-24(12-14-25)28-18-17-27(39-6)19-30(28)40-7/h9-20,22H,8,21H2,1-7H3,(H2,34,35,36). The van der Waals surface area contributed by atoms with E-state index in [-0.39, 0.29) is 12.1 Å². The number of aromatic amines is 1. The molecule has 0 aliphatic heterocycles. The van der Waals surface area contributed by atoms with Crippen LogP contribution in [0.3, 0.4) is 0 Å². The van der Waals surface area contributed by atoms with Crippen LogP contribution in [-0.2, 0) is 11.3 Å². The highest BCUT2D eigenvalue weighted by Gasteiger charge is 2.25. The summed E-state index contributed by atoms with van der Waals surface area (Å²) in [5.74, 6) is 2.22. The number of hydrogen-bond acceptors (Lipinski definition) is 6. The molecule has 0 radical (unpaired) electrons. The normalized spacial score (nSPS) is 12.0. The molecule has 1 atom stereocenters. The van der Waals surface area contributed by atoms with Crippen LogP contribution in [0.15, 0.2) is 72.8 Å². The van der Waals surface area contributed by atoms with E-state index < -0.39 is 5.60 Å². The van der Waals surface area contributed by atoms with Crippen LogP contribution in [0.1, 0.15) is 46.6 Å². The number of carbonyl (C=O) groups is 1. The van der Waals surface area contributed by atoms with Gasteiger partial charge >= 0.3 is 6.09 Å². The lowest BCUT2D eigenvalue weighted by Crippen LogP contribution is -2.41. The Balaban J connectivity index is 1.42.